The lowest BCUT2D eigenvalue weighted by molar-refractivity contribution is -0.143. The van der Waals surface area contributed by atoms with Crippen molar-refractivity contribution in [1.29, 1.82) is 0 Å². The standard InChI is InChI=1S/C10H19NO8/c1-4(13)7(10(18)19)11-2-5(14)8(16)9(17)6(15)3-12/h4,6-9,11-13,15-17H,2-3H2,1H3,(H,18,19)/t4-,6-,7+,8-,9-/m1/s1. The third kappa shape index (κ3) is 5.59. The maximum Gasteiger partial charge on any atom is 0.323 e. The van der Waals surface area contributed by atoms with Gasteiger partial charge in [0.2, 0.25) is 0 Å². The van der Waals surface area contributed by atoms with Crippen LogP contribution < -0.4 is 5.32 Å². The Kier molecular flexibility index (Phi) is 7.68. The van der Waals surface area contributed by atoms with Crippen molar-refractivity contribution in [2.75, 3.05) is 13.2 Å². The van der Waals surface area contributed by atoms with Gasteiger partial charge in [0, 0.05) is 0 Å². The Labute approximate surface area is 109 Å². The Hall–Kier alpha value is -1.10. The summed E-state index contributed by atoms with van der Waals surface area (Å²) in [7, 11) is 0. The number of hydrogen-bond donors (Lipinski definition) is 7. The van der Waals surface area contributed by atoms with Gasteiger partial charge in [0.15, 0.2) is 5.78 Å². The molecule has 0 rings (SSSR count). The number of rotatable bonds is 9. The number of hydrogen-bond acceptors (Lipinski definition) is 8. The van der Waals surface area contributed by atoms with E-state index in [1.807, 2.05) is 0 Å². The van der Waals surface area contributed by atoms with Gasteiger partial charge in [0.1, 0.15) is 24.4 Å². The minimum absolute atomic E-state index is 0.627. The molecule has 9 nitrogen and oxygen atoms in total. The van der Waals surface area contributed by atoms with Crippen LogP contribution in [0.1, 0.15) is 6.92 Å². The summed E-state index contributed by atoms with van der Waals surface area (Å²) in [6, 6.07) is -1.41. The second kappa shape index (κ2) is 8.15. The molecule has 0 fully saturated rings. The fourth-order valence-electron chi connectivity index (χ4n) is 1.29. The van der Waals surface area contributed by atoms with E-state index in [4.69, 9.17) is 20.4 Å². The number of nitrogens with one attached hydrogen (secondary N) is 1. The Balaban J connectivity index is 4.41. The van der Waals surface area contributed by atoms with Gasteiger partial charge in [-0.3, -0.25) is 14.9 Å². The number of carboxylic acids is 1. The molecule has 0 spiro atoms. The predicted molar refractivity (Wildman–Crippen MR) is 61.2 cm³/mol. The highest BCUT2D eigenvalue weighted by Gasteiger charge is 2.31. The number of aliphatic hydroxyl groups excluding tert-OH is 5. The summed E-state index contributed by atoms with van der Waals surface area (Å²) in [4.78, 5) is 22.1. The number of carbonyl (C=O) groups is 2. The topological polar surface area (TPSA) is 168 Å². The Bertz CT molecular complexity index is 308. The van der Waals surface area contributed by atoms with E-state index >= 15 is 0 Å². The van der Waals surface area contributed by atoms with Crippen molar-refractivity contribution < 1.29 is 40.2 Å². The van der Waals surface area contributed by atoms with E-state index in [0.29, 0.717) is 0 Å². The van der Waals surface area contributed by atoms with Crippen LogP contribution in [0.3, 0.4) is 0 Å². The highest BCUT2D eigenvalue weighted by atomic mass is 16.4. The number of Topliss-reactive ketones (excluding diaryl/α,β-unsaturated/α-hetero) is 1. The summed E-state index contributed by atoms with van der Waals surface area (Å²) in [6.07, 6.45) is -6.81. The molecular weight excluding hydrogens is 262 g/mol. The molecule has 0 amide bonds. The first-order chi connectivity index (χ1) is 8.72. The van der Waals surface area contributed by atoms with Crippen molar-refractivity contribution in [3.8, 4) is 0 Å². The van der Waals surface area contributed by atoms with Crippen molar-refractivity contribution in [3.05, 3.63) is 0 Å². The average molecular weight is 281 g/mol. The fourth-order valence-corrected chi connectivity index (χ4v) is 1.29. The summed E-state index contributed by atoms with van der Waals surface area (Å²) >= 11 is 0. The van der Waals surface area contributed by atoms with Crippen LogP contribution in [0.5, 0.6) is 0 Å². The molecule has 0 unspecified atom stereocenters. The summed E-state index contributed by atoms with van der Waals surface area (Å²) in [6.45, 7) is -0.264. The van der Waals surface area contributed by atoms with Gasteiger partial charge in [-0.1, -0.05) is 0 Å². The molecule has 0 bridgehead atoms. The van der Waals surface area contributed by atoms with Gasteiger partial charge < -0.3 is 30.6 Å². The van der Waals surface area contributed by atoms with Crippen molar-refractivity contribution >= 4 is 11.8 Å². The van der Waals surface area contributed by atoms with Crippen LogP contribution in [0.25, 0.3) is 0 Å². The van der Waals surface area contributed by atoms with E-state index in [0.717, 1.165) is 0 Å². The van der Waals surface area contributed by atoms with E-state index in [2.05, 4.69) is 5.32 Å². The van der Waals surface area contributed by atoms with E-state index in [9.17, 15) is 19.8 Å². The molecule has 0 aliphatic rings. The van der Waals surface area contributed by atoms with Gasteiger partial charge in [-0.25, -0.2) is 0 Å². The first-order valence-electron chi connectivity index (χ1n) is 5.54. The highest BCUT2D eigenvalue weighted by molar-refractivity contribution is 5.86. The first kappa shape index (κ1) is 17.9. The molecule has 0 aromatic rings. The van der Waals surface area contributed by atoms with Crippen molar-refractivity contribution in [2.24, 2.45) is 0 Å². The van der Waals surface area contributed by atoms with Gasteiger partial charge in [-0.15, -0.1) is 0 Å². The maximum absolute atomic E-state index is 11.4. The number of aliphatic hydroxyl groups is 5. The monoisotopic (exact) mass is 281 g/mol. The summed E-state index contributed by atoms with van der Waals surface area (Å²) in [5, 5.41) is 56.2. The largest absolute Gasteiger partial charge is 0.480 e. The molecule has 0 heterocycles. The van der Waals surface area contributed by atoms with Gasteiger partial charge in [-0.05, 0) is 6.92 Å². The summed E-state index contributed by atoms with van der Waals surface area (Å²) in [5.41, 5.74) is 0. The van der Waals surface area contributed by atoms with E-state index in [1.54, 1.807) is 0 Å². The van der Waals surface area contributed by atoms with Crippen LogP contribution in [0.2, 0.25) is 0 Å². The lowest BCUT2D eigenvalue weighted by Gasteiger charge is -2.22. The normalized spacial score (nSPS) is 19.3. The lowest BCUT2D eigenvalue weighted by Crippen LogP contribution is -2.51. The molecule has 5 atom stereocenters. The first-order valence-corrected chi connectivity index (χ1v) is 5.54. The highest BCUT2D eigenvalue weighted by Crippen LogP contribution is 2.02. The molecule has 19 heavy (non-hydrogen) atoms. The smallest absolute Gasteiger partial charge is 0.323 e. The van der Waals surface area contributed by atoms with Gasteiger partial charge >= 0.3 is 5.97 Å². The van der Waals surface area contributed by atoms with E-state index in [1.165, 1.54) is 6.92 Å². The van der Waals surface area contributed by atoms with Crippen molar-refractivity contribution in [3.63, 3.8) is 0 Å². The molecule has 112 valence electrons. The Morgan fingerprint density at radius 1 is 1.16 bits per heavy atom. The molecule has 0 aliphatic heterocycles. The third-order valence-electron chi connectivity index (χ3n) is 2.48. The molecule has 9 heteroatoms. The zero-order chi connectivity index (χ0) is 15.2. The summed E-state index contributed by atoms with van der Waals surface area (Å²) < 4.78 is 0. The van der Waals surface area contributed by atoms with Crippen LogP contribution in [0.15, 0.2) is 0 Å². The van der Waals surface area contributed by atoms with Crippen LogP contribution in [0.4, 0.5) is 0 Å². The average Bonchev–Trinajstić information content (AvgIpc) is 2.34. The molecule has 0 aliphatic carbocycles. The van der Waals surface area contributed by atoms with Crippen molar-refractivity contribution in [2.45, 2.75) is 37.4 Å². The van der Waals surface area contributed by atoms with Crippen LogP contribution >= 0.6 is 0 Å². The van der Waals surface area contributed by atoms with Gasteiger partial charge in [0.05, 0.1) is 19.3 Å². The Morgan fingerprint density at radius 3 is 2.05 bits per heavy atom. The number of aliphatic carboxylic acids is 1. The molecule has 0 radical (unpaired) electrons. The molecule has 0 saturated carbocycles. The molecule has 7 N–H and O–H groups in total. The number of carboxylic acid groups (broad SMARTS) is 1. The predicted octanol–water partition coefficient (Wildman–Crippen LogP) is -3.95. The SMILES string of the molecule is C[C@@H](O)[C@H](NCC(=O)[C@@H](O)[C@H](O)[C@H](O)CO)C(=O)O. The minimum Gasteiger partial charge on any atom is -0.480 e. The van der Waals surface area contributed by atoms with Crippen LogP contribution in [0, 0.1) is 0 Å². The molecule has 0 aromatic heterocycles. The second-order valence-corrected chi connectivity index (χ2v) is 4.09. The van der Waals surface area contributed by atoms with E-state index < -0.39 is 55.4 Å². The molecular formula is C10H19NO8. The number of ketones is 1. The Morgan fingerprint density at radius 2 is 1.68 bits per heavy atom. The van der Waals surface area contributed by atoms with Crippen LogP contribution in [-0.2, 0) is 9.59 Å². The zero-order valence-corrected chi connectivity index (χ0v) is 10.3. The number of carbonyl (C=O) groups excluding carboxylic acids is 1. The van der Waals surface area contributed by atoms with Gasteiger partial charge in [-0.2, -0.15) is 0 Å². The molecule has 0 saturated heterocycles. The second-order valence-electron chi connectivity index (χ2n) is 4.09. The fraction of sp³-hybridized carbons (Fsp3) is 0.800. The van der Waals surface area contributed by atoms with Crippen LogP contribution in [-0.4, -0.2) is 86.0 Å². The quantitative estimate of drug-likeness (QED) is 0.223. The summed E-state index contributed by atoms with van der Waals surface area (Å²) in [5.74, 6) is -2.36. The molecule has 0 aromatic carbocycles. The lowest BCUT2D eigenvalue weighted by atomic mass is 10.0. The maximum atomic E-state index is 11.4. The van der Waals surface area contributed by atoms with Gasteiger partial charge in [0.25, 0.3) is 0 Å². The minimum atomic E-state index is -1.97. The third-order valence-corrected chi connectivity index (χ3v) is 2.48. The van der Waals surface area contributed by atoms with Crippen molar-refractivity contribution in [1.82, 2.24) is 5.32 Å². The van der Waals surface area contributed by atoms with E-state index in [-0.39, 0.29) is 0 Å². The zero-order valence-electron chi connectivity index (χ0n) is 10.3.